The molecule has 0 aliphatic rings. The van der Waals surface area contributed by atoms with Crippen LogP contribution in [-0.4, -0.2) is 5.11 Å². The summed E-state index contributed by atoms with van der Waals surface area (Å²) in [5, 5.41) is 9.70. The molecule has 13 heavy (non-hydrogen) atoms. The highest BCUT2D eigenvalue weighted by Crippen LogP contribution is 2.15. The number of allylic oxidation sites excluding steroid dienone is 1. The maximum absolute atomic E-state index is 9.70. The molecule has 1 atom stereocenters. The van der Waals surface area contributed by atoms with Gasteiger partial charge in [0.2, 0.25) is 0 Å². The van der Waals surface area contributed by atoms with Gasteiger partial charge in [0.1, 0.15) is 0 Å². The van der Waals surface area contributed by atoms with Gasteiger partial charge in [-0.1, -0.05) is 49.4 Å². The van der Waals surface area contributed by atoms with Gasteiger partial charge >= 0.3 is 0 Å². The first-order chi connectivity index (χ1) is 6.34. The SMILES string of the molecule is CC/C=C\C[C@H](O)c1ccccc1. The van der Waals surface area contributed by atoms with E-state index in [2.05, 4.69) is 13.0 Å². The molecule has 0 saturated carbocycles. The molecule has 0 heterocycles. The van der Waals surface area contributed by atoms with Crippen LogP contribution in [0.2, 0.25) is 0 Å². The lowest BCUT2D eigenvalue weighted by atomic mass is 10.1. The Balaban J connectivity index is 2.49. The third kappa shape index (κ3) is 3.43. The Labute approximate surface area is 79.7 Å². The second kappa shape index (κ2) is 5.55. The molecule has 0 aromatic heterocycles. The summed E-state index contributed by atoms with van der Waals surface area (Å²) >= 11 is 0. The van der Waals surface area contributed by atoms with Crippen LogP contribution in [0.4, 0.5) is 0 Å². The first kappa shape index (κ1) is 10.0. The van der Waals surface area contributed by atoms with E-state index in [0.29, 0.717) is 6.42 Å². The summed E-state index contributed by atoms with van der Waals surface area (Å²) in [6.45, 7) is 2.09. The van der Waals surface area contributed by atoms with Crippen molar-refractivity contribution in [2.24, 2.45) is 0 Å². The molecule has 1 aromatic rings. The van der Waals surface area contributed by atoms with E-state index in [0.717, 1.165) is 12.0 Å². The molecule has 0 unspecified atom stereocenters. The molecule has 1 rings (SSSR count). The minimum absolute atomic E-state index is 0.357. The Hall–Kier alpha value is -1.08. The smallest absolute Gasteiger partial charge is 0.0824 e. The van der Waals surface area contributed by atoms with E-state index >= 15 is 0 Å². The molecule has 0 saturated heterocycles. The van der Waals surface area contributed by atoms with Gasteiger partial charge in [-0.2, -0.15) is 0 Å². The second-order valence-electron chi connectivity index (χ2n) is 3.04. The summed E-state index contributed by atoms with van der Waals surface area (Å²) in [6, 6.07) is 9.75. The minimum Gasteiger partial charge on any atom is -0.388 e. The van der Waals surface area contributed by atoms with Gasteiger partial charge in [-0.25, -0.2) is 0 Å². The zero-order valence-corrected chi connectivity index (χ0v) is 7.98. The number of aliphatic hydroxyl groups is 1. The van der Waals surface area contributed by atoms with Crippen molar-refractivity contribution in [1.29, 1.82) is 0 Å². The molecular weight excluding hydrogens is 160 g/mol. The van der Waals surface area contributed by atoms with Gasteiger partial charge in [0.25, 0.3) is 0 Å². The number of hydrogen-bond donors (Lipinski definition) is 1. The van der Waals surface area contributed by atoms with Crippen LogP contribution in [0.1, 0.15) is 31.4 Å². The zero-order valence-electron chi connectivity index (χ0n) is 7.98. The summed E-state index contributed by atoms with van der Waals surface area (Å²) in [5.41, 5.74) is 0.989. The van der Waals surface area contributed by atoms with Gasteiger partial charge in [0.05, 0.1) is 6.10 Å². The average Bonchev–Trinajstić information content (AvgIpc) is 2.19. The first-order valence-electron chi connectivity index (χ1n) is 4.72. The van der Waals surface area contributed by atoms with E-state index in [1.165, 1.54) is 0 Å². The Kier molecular flexibility index (Phi) is 4.27. The van der Waals surface area contributed by atoms with E-state index in [4.69, 9.17) is 0 Å². The fourth-order valence-corrected chi connectivity index (χ4v) is 1.20. The zero-order chi connectivity index (χ0) is 9.52. The number of rotatable bonds is 4. The standard InChI is InChI=1S/C12H16O/c1-2-3-5-10-12(13)11-8-6-4-7-9-11/h3-9,12-13H,2,10H2,1H3/b5-3-/t12-/m0/s1. The van der Waals surface area contributed by atoms with Gasteiger partial charge < -0.3 is 5.11 Å². The van der Waals surface area contributed by atoms with E-state index in [9.17, 15) is 5.11 Å². The molecule has 0 spiro atoms. The topological polar surface area (TPSA) is 20.2 Å². The lowest BCUT2D eigenvalue weighted by Gasteiger charge is -2.07. The van der Waals surface area contributed by atoms with Crippen LogP contribution in [0.25, 0.3) is 0 Å². The van der Waals surface area contributed by atoms with Crippen molar-refractivity contribution in [3.05, 3.63) is 48.0 Å². The molecular formula is C12H16O. The van der Waals surface area contributed by atoms with E-state index in [1.54, 1.807) is 0 Å². The van der Waals surface area contributed by atoms with Crippen LogP contribution in [0.5, 0.6) is 0 Å². The average molecular weight is 176 g/mol. The maximum atomic E-state index is 9.70. The molecule has 1 N–H and O–H groups in total. The minimum atomic E-state index is -0.357. The van der Waals surface area contributed by atoms with E-state index < -0.39 is 0 Å². The predicted octanol–water partition coefficient (Wildman–Crippen LogP) is 3.08. The van der Waals surface area contributed by atoms with Crippen molar-refractivity contribution in [3.8, 4) is 0 Å². The highest BCUT2D eigenvalue weighted by Gasteiger charge is 2.02. The van der Waals surface area contributed by atoms with E-state index in [-0.39, 0.29) is 6.10 Å². The number of aliphatic hydroxyl groups excluding tert-OH is 1. The fourth-order valence-electron chi connectivity index (χ4n) is 1.20. The van der Waals surface area contributed by atoms with Gasteiger partial charge in [-0.15, -0.1) is 0 Å². The van der Waals surface area contributed by atoms with Crippen molar-refractivity contribution in [2.75, 3.05) is 0 Å². The largest absolute Gasteiger partial charge is 0.388 e. The Morgan fingerprint density at radius 3 is 2.54 bits per heavy atom. The highest BCUT2D eigenvalue weighted by molar-refractivity contribution is 5.17. The molecule has 0 aliphatic carbocycles. The molecule has 0 bridgehead atoms. The van der Waals surface area contributed by atoms with Crippen molar-refractivity contribution in [1.82, 2.24) is 0 Å². The summed E-state index contributed by atoms with van der Waals surface area (Å²) in [4.78, 5) is 0. The molecule has 1 aromatic carbocycles. The van der Waals surface area contributed by atoms with E-state index in [1.807, 2.05) is 36.4 Å². The molecule has 0 aliphatic heterocycles. The number of hydrogen-bond acceptors (Lipinski definition) is 1. The summed E-state index contributed by atoms with van der Waals surface area (Å²) in [5.74, 6) is 0. The summed E-state index contributed by atoms with van der Waals surface area (Å²) in [7, 11) is 0. The van der Waals surface area contributed by atoms with Crippen LogP contribution < -0.4 is 0 Å². The maximum Gasteiger partial charge on any atom is 0.0824 e. The predicted molar refractivity (Wildman–Crippen MR) is 55.4 cm³/mol. The highest BCUT2D eigenvalue weighted by atomic mass is 16.3. The second-order valence-corrected chi connectivity index (χ2v) is 3.04. The van der Waals surface area contributed by atoms with Crippen LogP contribution in [-0.2, 0) is 0 Å². The van der Waals surface area contributed by atoms with Crippen molar-refractivity contribution in [3.63, 3.8) is 0 Å². The Morgan fingerprint density at radius 1 is 1.23 bits per heavy atom. The van der Waals surface area contributed by atoms with Crippen LogP contribution in [0.3, 0.4) is 0 Å². The summed E-state index contributed by atoms with van der Waals surface area (Å²) < 4.78 is 0. The van der Waals surface area contributed by atoms with Crippen molar-refractivity contribution < 1.29 is 5.11 Å². The van der Waals surface area contributed by atoms with Crippen molar-refractivity contribution in [2.45, 2.75) is 25.9 Å². The van der Waals surface area contributed by atoms with Gasteiger partial charge in [-0.05, 0) is 18.4 Å². The molecule has 0 amide bonds. The third-order valence-electron chi connectivity index (χ3n) is 1.95. The normalized spacial score (nSPS) is 13.4. The Bertz CT molecular complexity index is 251. The summed E-state index contributed by atoms with van der Waals surface area (Å²) in [6.07, 6.45) is 5.48. The number of benzene rings is 1. The van der Waals surface area contributed by atoms with Crippen molar-refractivity contribution >= 4 is 0 Å². The van der Waals surface area contributed by atoms with Gasteiger partial charge in [0, 0.05) is 0 Å². The first-order valence-corrected chi connectivity index (χ1v) is 4.72. The molecule has 0 radical (unpaired) electrons. The van der Waals surface area contributed by atoms with Gasteiger partial charge in [-0.3, -0.25) is 0 Å². The molecule has 1 heteroatoms. The fraction of sp³-hybridized carbons (Fsp3) is 0.333. The Morgan fingerprint density at radius 2 is 1.92 bits per heavy atom. The van der Waals surface area contributed by atoms with Crippen LogP contribution in [0.15, 0.2) is 42.5 Å². The lowest BCUT2D eigenvalue weighted by Crippen LogP contribution is -1.94. The quantitative estimate of drug-likeness (QED) is 0.699. The van der Waals surface area contributed by atoms with Crippen LogP contribution in [0, 0.1) is 0 Å². The molecule has 1 nitrogen and oxygen atoms in total. The molecule has 70 valence electrons. The monoisotopic (exact) mass is 176 g/mol. The molecule has 0 fully saturated rings. The third-order valence-corrected chi connectivity index (χ3v) is 1.95. The van der Waals surface area contributed by atoms with Crippen LogP contribution >= 0.6 is 0 Å². The lowest BCUT2D eigenvalue weighted by molar-refractivity contribution is 0.181. The van der Waals surface area contributed by atoms with Gasteiger partial charge in [0.15, 0.2) is 0 Å².